The fourth-order valence-electron chi connectivity index (χ4n) is 2.33. The predicted molar refractivity (Wildman–Crippen MR) is 95.6 cm³/mol. The Kier molecular flexibility index (Phi) is 6.14. The van der Waals surface area contributed by atoms with Gasteiger partial charge in [-0.1, -0.05) is 12.0 Å². The molecule has 0 atom stereocenters. The number of sulfonamides is 1. The minimum atomic E-state index is -3.65. The second kappa shape index (κ2) is 8.10. The molecule has 0 aliphatic carbocycles. The number of amidine groups is 1. The van der Waals surface area contributed by atoms with Gasteiger partial charge in [-0.05, 0) is 51.0 Å². The Balaban J connectivity index is 2.07. The van der Waals surface area contributed by atoms with Gasteiger partial charge < -0.3 is 5.32 Å². The van der Waals surface area contributed by atoms with Crippen LogP contribution in [0.5, 0.6) is 0 Å². The zero-order chi connectivity index (χ0) is 17.6. The van der Waals surface area contributed by atoms with Crippen molar-refractivity contribution in [1.29, 1.82) is 0 Å². The molecule has 0 unspecified atom stereocenters. The molecule has 24 heavy (non-hydrogen) atoms. The molecule has 0 fully saturated rings. The number of hydrogen-bond donors (Lipinski definition) is 2. The number of amides is 1. The Labute approximate surface area is 143 Å². The standard InChI is InChI=1S/C17H23N3O3S/c1-13(2)12-17(21)19-14-7-9-15(10-8-14)24(22,23)20-16-6-4-3-5-11-18-16/h7-10,12H,3-6,11H2,1-2H3,(H,18,20)(H,19,21). The number of anilines is 1. The molecule has 2 rings (SSSR count). The summed E-state index contributed by atoms with van der Waals surface area (Å²) in [6.07, 6.45) is 5.13. The third-order valence-electron chi connectivity index (χ3n) is 3.48. The van der Waals surface area contributed by atoms with Crippen LogP contribution in [0, 0.1) is 0 Å². The van der Waals surface area contributed by atoms with Gasteiger partial charge in [0.1, 0.15) is 5.84 Å². The third-order valence-corrected chi connectivity index (χ3v) is 4.88. The highest BCUT2D eigenvalue weighted by Crippen LogP contribution is 2.15. The molecule has 130 valence electrons. The van der Waals surface area contributed by atoms with E-state index in [0.717, 1.165) is 24.8 Å². The molecule has 1 aliphatic rings. The van der Waals surface area contributed by atoms with Gasteiger partial charge in [0.25, 0.3) is 10.0 Å². The molecule has 1 heterocycles. The van der Waals surface area contributed by atoms with Gasteiger partial charge in [-0.25, -0.2) is 8.42 Å². The predicted octanol–water partition coefficient (Wildman–Crippen LogP) is 2.84. The lowest BCUT2D eigenvalue weighted by molar-refractivity contribution is -0.111. The first kappa shape index (κ1) is 18.2. The van der Waals surface area contributed by atoms with Crippen LogP contribution < -0.4 is 10.0 Å². The monoisotopic (exact) mass is 349 g/mol. The molecule has 0 radical (unpaired) electrons. The number of allylic oxidation sites excluding steroid dienone is 1. The second-order valence-corrected chi connectivity index (χ2v) is 7.66. The Morgan fingerprint density at radius 1 is 1.12 bits per heavy atom. The summed E-state index contributed by atoms with van der Waals surface area (Å²) in [5.41, 5.74) is 1.43. The SMILES string of the molecule is CC(C)=CC(=O)Nc1ccc(S(=O)(=O)NC2=NCCCCC2)cc1. The second-order valence-electron chi connectivity index (χ2n) is 5.98. The van der Waals surface area contributed by atoms with E-state index in [1.165, 1.54) is 18.2 Å². The van der Waals surface area contributed by atoms with Gasteiger partial charge >= 0.3 is 0 Å². The highest BCUT2D eigenvalue weighted by atomic mass is 32.2. The molecule has 0 spiro atoms. The van der Waals surface area contributed by atoms with Crippen LogP contribution in [0.25, 0.3) is 0 Å². The third kappa shape index (κ3) is 5.49. The van der Waals surface area contributed by atoms with Crippen molar-refractivity contribution in [1.82, 2.24) is 4.72 Å². The van der Waals surface area contributed by atoms with Crippen LogP contribution in [0.1, 0.15) is 39.5 Å². The van der Waals surface area contributed by atoms with Gasteiger partial charge in [0.05, 0.1) is 4.90 Å². The van der Waals surface area contributed by atoms with Crippen molar-refractivity contribution < 1.29 is 13.2 Å². The van der Waals surface area contributed by atoms with Crippen molar-refractivity contribution in [3.63, 3.8) is 0 Å². The first-order valence-electron chi connectivity index (χ1n) is 7.99. The van der Waals surface area contributed by atoms with Crippen LogP contribution in [-0.4, -0.2) is 26.7 Å². The molecule has 1 aliphatic heterocycles. The highest BCUT2D eigenvalue weighted by molar-refractivity contribution is 7.90. The minimum Gasteiger partial charge on any atom is -0.323 e. The average molecular weight is 349 g/mol. The summed E-state index contributed by atoms with van der Waals surface area (Å²) < 4.78 is 27.4. The Morgan fingerprint density at radius 3 is 2.50 bits per heavy atom. The molecule has 6 nitrogen and oxygen atoms in total. The average Bonchev–Trinajstić information content (AvgIpc) is 2.75. The Bertz CT molecular complexity index is 746. The fraction of sp³-hybridized carbons (Fsp3) is 0.412. The smallest absolute Gasteiger partial charge is 0.262 e. The van der Waals surface area contributed by atoms with Gasteiger partial charge in [-0.2, -0.15) is 0 Å². The van der Waals surface area contributed by atoms with E-state index in [4.69, 9.17) is 0 Å². The van der Waals surface area contributed by atoms with Gasteiger partial charge in [-0.3, -0.25) is 14.5 Å². The Morgan fingerprint density at radius 2 is 1.83 bits per heavy atom. The quantitative estimate of drug-likeness (QED) is 0.819. The summed E-state index contributed by atoms with van der Waals surface area (Å²) in [4.78, 5) is 16.1. The van der Waals surface area contributed by atoms with Gasteiger partial charge in [-0.15, -0.1) is 0 Å². The summed E-state index contributed by atoms with van der Waals surface area (Å²) in [5.74, 6) is 0.282. The lowest BCUT2D eigenvalue weighted by atomic mass is 10.2. The van der Waals surface area contributed by atoms with Crippen LogP contribution in [0.2, 0.25) is 0 Å². The largest absolute Gasteiger partial charge is 0.323 e. The van der Waals surface area contributed by atoms with Crippen molar-refractivity contribution in [3.05, 3.63) is 35.9 Å². The van der Waals surface area contributed by atoms with E-state index in [1.54, 1.807) is 12.1 Å². The van der Waals surface area contributed by atoms with E-state index in [1.807, 2.05) is 13.8 Å². The number of benzene rings is 1. The van der Waals surface area contributed by atoms with Crippen molar-refractivity contribution in [3.8, 4) is 0 Å². The van der Waals surface area contributed by atoms with Crippen molar-refractivity contribution >= 4 is 27.5 Å². The van der Waals surface area contributed by atoms with Crippen LogP contribution >= 0.6 is 0 Å². The molecule has 1 amide bonds. The Hall–Kier alpha value is -2.15. The van der Waals surface area contributed by atoms with Crippen molar-refractivity contribution in [2.75, 3.05) is 11.9 Å². The van der Waals surface area contributed by atoms with E-state index < -0.39 is 10.0 Å². The lowest BCUT2D eigenvalue weighted by Crippen LogP contribution is -2.30. The van der Waals surface area contributed by atoms with Crippen molar-refractivity contribution in [2.45, 2.75) is 44.4 Å². The zero-order valence-corrected chi connectivity index (χ0v) is 14.8. The molecule has 2 N–H and O–H groups in total. The number of carbonyl (C=O) groups excluding carboxylic acids is 1. The normalized spacial score (nSPS) is 15.0. The van der Waals surface area contributed by atoms with Crippen LogP contribution in [0.3, 0.4) is 0 Å². The first-order chi connectivity index (χ1) is 11.4. The lowest BCUT2D eigenvalue weighted by Gasteiger charge is -2.10. The summed E-state index contributed by atoms with van der Waals surface area (Å²) in [6, 6.07) is 6.08. The maximum Gasteiger partial charge on any atom is 0.262 e. The molecule has 1 aromatic rings. The maximum atomic E-state index is 12.4. The van der Waals surface area contributed by atoms with Gasteiger partial charge in [0, 0.05) is 24.7 Å². The van der Waals surface area contributed by atoms with E-state index in [2.05, 4.69) is 15.0 Å². The van der Waals surface area contributed by atoms with Gasteiger partial charge in [0.15, 0.2) is 0 Å². The van der Waals surface area contributed by atoms with Crippen molar-refractivity contribution in [2.24, 2.45) is 4.99 Å². The van der Waals surface area contributed by atoms with Gasteiger partial charge in [0.2, 0.25) is 5.91 Å². The van der Waals surface area contributed by atoms with Crippen LogP contribution in [-0.2, 0) is 14.8 Å². The maximum absolute atomic E-state index is 12.4. The fourth-order valence-corrected chi connectivity index (χ4v) is 3.42. The van der Waals surface area contributed by atoms with Crippen LogP contribution in [0.4, 0.5) is 5.69 Å². The molecular weight excluding hydrogens is 326 g/mol. The highest BCUT2D eigenvalue weighted by Gasteiger charge is 2.17. The summed E-state index contributed by atoms with van der Waals surface area (Å²) in [6.45, 7) is 4.32. The molecular formula is C17H23N3O3S. The number of aliphatic imine (C=N–C) groups is 1. The summed E-state index contributed by atoms with van der Waals surface area (Å²) >= 11 is 0. The zero-order valence-electron chi connectivity index (χ0n) is 14.0. The molecule has 0 saturated carbocycles. The van der Waals surface area contributed by atoms with E-state index in [-0.39, 0.29) is 10.8 Å². The van der Waals surface area contributed by atoms with E-state index in [0.29, 0.717) is 24.5 Å². The number of rotatable bonds is 4. The van der Waals surface area contributed by atoms with Crippen LogP contribution in [0.15, 0.2) is 45.8 Å². The topological polar surface area (TPSA) is 87.6 Å². The van der Waals surface area contributed by atoms with E-state index >= 15 is 0 Å². The molecule has 0 aromatic heterocycles. The summed E-state index contributed by atoms with van der Waals surface area (Å²) in [5, 5.41) is 2.69. The number of nitrogens with zero attached hydrogens (tertiary/aromatic N) is 1. The molecule has 1 aromatic carbocycles. The summed E-state index contributed by atoms with van der Waals surface area (Å²) in [7, 11) is -3.65. The number of hydrogen-bond acceptors (Lipinski definition) is 4. The number of carbonyl (C=O) groups is 1. The molecule has 0 saturated heterocycles. The molecule has 0 bridgehead atoms. The number of nitrogens with one attached hydrogen (secondary N) is 2. The minimum absolute atomic E-state index is 0.148. The van der Waals surface area contributed by atoms with E-state index in [9.17, 15) is 13.2 Å². The first-order valence-corrected chi connectivity index (χ1v) is 9.47. The molecule has 7 heteroatoms.